The zero-order chi connectivity index (χ0) is 21.3. The minimum absolute atomic E-state index is 0.625. The molecule has 31 heavy (non-hydrogen) atoms. The van der Waals surface area contributed by atoms with Crippen molar-refractivity contribution < 1.29 is 20.3 Å². The van der Waals surface area contributed by atoms with Gasteiger partial charge in [-0.2, -0.15) is 0 Å². The van der Waals surface area contributed by atoms with Crippen LogP contribution in [0, 0.1) is 0 Å². The third kappa shape index (κ3) is 2.76. The molecule has 2 atom stereocenters. The normalized spacial score (nSPS) is 20.0. The van der Waals surface area contributed by atoms with Gasteiger partial charge in [0.15, 0.2) is 0 Å². The summed E-state index contributed by atoms with van der Waals surface area (Å²) in [6.45, 7) is 4.76. The molecule has 6 rings (SSSR count). The molecule has 4 aromatic carbocycles. The third-order valence-electron chi connectivity index (χ3n) is 7.77. The van der Waals surface area contributed by atoms with Crippen LogP contribution in [-0.4, -0.2) is 0 Å². The first kappa shape index (κ1) is 19.4. The molecule has 0 heterocycles. The van der Waals surface area contributed by atoms with Gasteiger partial charge in [-0.25, -0.2) is 0 Å². The Morgan fingerprint density at radius 1 is 0.548 bits per heavy atom. The molecule has 0 radical (unpaired) electrons. The average Bonchev–Trinajstić information content (AvgIpc) is 3.30. The van der Waals surface area contributed by atoms with E-state index in [4.69, 9.17) is 0 Å². The Kier molecular flexibility index (Phi) is 4.32. The fraction of sp³-hybridized carbons (Fsp3) is 0.200. The predicted octanol–water partition coefficient (Wildman–Crippen LogP) is 8.86. The molecule has 2 aliphatic carbocycles. The number of allylic oxidation sites excluding steroid dienone is 2. The molecule has 0 aliphatic heterocycles. The van der Waals surface area contributed by atoms with Crippen molar-refractivity contribution in [2.75, 3.05) is 0 Å². The number of hydrogen-bond acceptors (Lipinski definition) is 0. The van der Waals surface area contributed by atoms with Crippen LogP contribution in [0.25, 0.3) is 33.7 Å². The van der Waals surface area contributed by atoms with Crippen LogP contribution in [0.15, 0.2) is 83.9 Å². The van der Waals surface area contributed by atoms with Crippen LogP contribution < -0.4 is 0 Å². The standard InChI is InChI=1S/2C14H11.2CH3.Zr/c2*1-10-8-12-7-6-11-4-2-3-5-13(11)14(12)9-10;;;/h2*2-9H,1H3;2*1H3;. The van der Waals surface area contributed by atoms with Gasteiger partial charge in [0.25, 0.3) is 0 Å². The van der Waals surface area contributed by atoms with E-state index in [9.17, 15) is 0 Å². The first-order chi connectivity index (χ1) is 15.0. The molecule has 2 unspecified atom stereocenters. The van der Waals surface area contributed by atoms with Crippen molar-refractivity contribution in [2.24, 2.45) is 0 Å². The van der Waals surface area contributed by atoms with Gasteiger partial charge in [-0.1, -0.05) is 0 Å². The third-order valence-corrected chi connectivity index (χ3v) is 18.9. The summed E-state index contributed by atoms with van der Waals surface area (Å²) >= 11 is -2.72. The Labute approximate surface area is 189 Å². The summed E-state index contributed by atoms with van der Waals surface area (Å²) in [6.07, 6.45) is 4.99. The second-order valence-electron chi connectivity index (χ2n) is 10.0. The van der Waals surface area contributed by atoms with Gasteiger partial charge in [0, 0.05) is 0 Å². The molecule has 0 fully saturated rings. The molecule has 152 valence electrons. The van der Waals surface area contributed by atoms with Gasteiger partial charge in [-0.05, 0) is 0 Å². The van der Waals surface area contributed by atoms with Gasteiger partial charge < -0.3 is 0 Å². The van der Waals surface area contributed by atoms with Crippen LogP contribution in [-0.2, 0) is 20.3 Å². The van der Waals surface area contributed by atoms with Gasteiger partial charge in [0.1, 0.15) is 0 Å². The quantitative estimate of drug-likeness (QED) is 0.269. The van der Waals surface area contributed by atoms with Gasteiger partial charge in [0.2, 0.25) is 0 Å². The molecule has 0 saturated heterocycles. The molecule has 4 aromatic rings. The number of fused-ring (bicyclic) bond motifs is 6. The zero-order valence-electron chi connectivity index (χ0n) is 18.7. The van der Waals surface area contributed by atoms with Gasteiger partial charge in [-0.15, -0.1) is 0 Å². The predicted molar refractivity (Wildman–Crippen MR) is 132 cm³/mol. The summed E-state index contributed by atoms with van der Waals surface area (Å²) < 4.78 is 6.62. The van der Waals surface area contributed by atoms with E-state index in [1.165, 1.54) is 32.7 Å². The van der Waals surface area contributed by atoms with E-state index in [0.29, 0.717) is 7.25 Å². The molecule has 0 saturated carbocycles. The maximum atomic E-state index is 2.69. The molecule has 1 heteroatoms. The van der Waals surface area contributed by atoms with Gasteiger partial charge in [-0.3, -0.25) is 0 Å². The summed E-state index contributed by atoms with van der Waals surface area (Å²) in [7, 11) is 0. The molecule has 0 aromatic heterocycles. The van der Waals surface area contributed by atoms with Crippen molar-refractivity contribution in [3.05, 3.63) is 106 Å². The fourth-order valence-corrected chi connectivity index (χ4v) is 18.9. The van der Waals surface area contributed by atoms with E-state index in [0.717, 1.165) is 0 Å². The van der Waals surface area contributed by atoms with Crippen LogP contribution in [0.3, 0.4) is 0 Å². The summed E-state index contributed by atoms with van der Waals surface area (Å²) in [4.78, 5) is 0. The van der Waals surface area contributed by atoms with E-state index in [1.54, 1.807) is 22.3 Å². The minimum atomic E-state index is -2.72. The van der Waals surface area contributed by atoms with Gasteiger partial charge >= 0.3 is 191 Å². The first-order valence-electron chi connectivity index (χ1n) is 11.4. The monoisotopic (exact) mass is 478 g/mol. The van der Waals surface area contributed by atoms with Crippen LogP contribution in [0.2, 0.25) is 9.26 Å². The van der Waals surface area contributed by atoms with E-state index in [-0.39, 0.29) is 0 Å². The Balaban J connectivity index is 1.52. The number of rotatable bonds is 2. The number of hydrogen-bond donors (Lipinski definition) is 0. The Morgan fingerprint density at radius 2 is 0.968 bits per heavy atom. The molecular weight excluding hydrogens is 452 g/mol. The molecule has 0 amide bonds. The van der Waals surface area contributed by atoms with E-state index in [2.05, 4.69) is 108 Å². The summed E-state index contributed by atoms with van der Waals surface area (Å²) in [5, 5.41) is 5.53. The Bertz CT molecular complexity index is 1320. The Hall–Kier alpha value is -2.24. The molecule has 2 aliphatic rings. The molecule has 0 bridgehead atoms. The average molecular weight is 480 g/mol. The molecule has 0 nitrogen and oxygen atoms in total. The van der Waals surface area contributed by atoms with Crippen molar-refractivity contribution in [1.29, 1.82) is 0 Å². The van der Waals surface area contributed by atoms with E-state index in [1.807, 2.05) is 0 Å². The summed E-state index contributed by atoms with van der Waals surface area (Å²) in [5.74, 6) is 0. The fourth-order valence-electron chi connectivity index (χ4n) is 6.70. The maximum absolute atomic E-state index is 2.72. The van der Waals surface area contributed by atoms with E-state index >= 15 is 0 Å². The van der Waals surface area contributed by atoms with Crippen LogP contribution in [0.5, 0.6) is 0 Å². The second-order valence-corrected chi connectivity index (χ2v) is 21.8. The van der Waals surface area contributed by atoms with Crippen LogP contribution in [0.1, 0.15) is 43.4 Å². The van der Waals surface area contributed by atoms with E-state index < -0.39 is 20.3 Å². The van der Waals surface area contributed by atoms with Crippen molar-refractivity contribution in [2.45, 2.75) is 30.4 Å². The SMILES string of the molecule is CC1=Cc2c(ccc3ccccc23)[CH]1[Zr]([CH3])([CH3])[CH]1C(C)=Cc2c1ccc1ccccc21. The Morgan fingerprint density at radius 3 is 1.42 bits per heavy atom. The molecular formula is C30H28Zr. The first-order valence-corrected chi connectivity index (χ1v) is 19.1. The van der Waals surface area contributed by atoms with Gasteiger partial charge in [0.05, 0.1) is 0 Å². The van der Waals surface area contributed by atoms with Crippen molar-refractivity contribution in [1.82, 2.24) is 0 Å². The van der Waals surface area contributed by atoms with Crippen molar-refractivity contribution in [3.63, 3.8) is 0 Å². The summed E-state index contributed by atoms with van der Waals surface area (Å²) in [6, 6.07) is 27.3. The molecule has 0 N–H and O–H groups in total. The summed E-state index contributed by atoms with van der Waals surface area (Å²) in [5.41, 5.74) is 9.27. The van der Waals surface area contributed by atoms with Crippen molar-refractivity contribution >= 4 is 33.7 Å². The topological polar surface area (TPSA) is 0 Å². The zero-order valence-corrected chi connectivity index (χ0v) is 21.2. The second kappa shape index (κ2) is 6.88. The molecule has 0 spiro atoms. The van der Waals surface area contributed by atoms with Crippen LogP contribution in [0.4, 0.5) is 0 Å². The number of benzene rings is 4. The van der Waals surface area contributed by atoms with Crippen molar-refractivity contribution in [3.8, 4) is 0 Å². The van der Waals surface area contributed by atoms with Crippen LogP contribution >= 0.6 is 0 Å².